The summed E-state index contributed by atoms with van der Waals surface area (Å²) < 4.78 is 1.84. The van der Waals surface area contributed by atoms with Crippen molar-refractivity contribution in [1.82, 2.24) is 20.4 Å². The molecule has 0 bridgehead atoms. The molecule has 0 spiro atoms. The second-order valence-corrected chi connectivity index (χ2v) is 6.03. The summed E-state index contributed by atoms with van der Waals surface area (Å²) in [5.74, 6) is -0.391. The summed E-state index contributed by atoms with van der Waals surface area (Å²) in [6.45, 7) is 2.62. The first-order valence-electron chi connectivity index (χ1n) is 8.33. The number of hydrogen-bond donors (Lipinski definition) is 2. The molecule has 1 fully saturated rings. The standard InChI is InChI=1S/C18H22N4O2/c1-2-16-15(18(24)19-11-17(23)21-14-8-9-14)10-20-22(16)12-13-6-4-3-5-7-13/h3-7,10,14H,2,8-9,11-12H2,1H3,(H,19,24)(H,21,23). The van der Waals surface area contributed by atoms with E-state index in [1.807, 2.05) is 41.9 Å². The van der Waals surface area contributed by atoms with Crippen LogP contribution in [-0.4, -0.2) is 34.2 Å². The summed E-state index contributed by atoms with van der Waals surface area (Å²) in [7, 11) is 0. The second-order valence-electron chi connectivity index (χ2n) is 6.03. The first-order valence-corrected chi connectivity index (χ1v) is 8.33. The Balaban J connectivity index is 1.64. The fourth-order valence-corrected chi connectivity index (χ4v) is 2.63. The Hall–Kier alpha value is -2.63. The highest BCUT2D eigenvalue weighted by Crippen LogP contribution is 2.18. The van der Waals surface area contributed by atoms with E-state index in [1.54, 1.807) is 6.20 Å². The Labute approximate surface area is 141 Å². The van der Waals surface area contributed by atoms with Crippen LogP contribution in [0.2, 0.25) is 0 Å². The minimum absolute atomic E-state index is 0.00233. The van der Waals surface area contributed by atoms with Crippen molar-refractivity contribution in [3.05, 3.63) is 53.3 Å². The molecule has 1 aliphatic rings. The minimum atomic E-state index is -0.253. The molecule has 2 aromatic rings. The van der Waals surface area contributed by atoms with Crippen molar-refractivity contribution in [2.24, 2.45) is 0 Å². The number of hydrogen-bond acceptors (Lipinski definition) is 3. The Morgan fingerprint density at radius 3 is 2.67 bits per heavy atom. The van der Waals surface area contributed by atoms with Crippen LogP contribution in [0.25, 0.3) is 0 Å². The molecule has 1 aromatic carbocycles. The molecule has 3 rings (SSSR count). The molecule has 0 saturated heterocycles. The van der Waals surface area contributed by atoms with Gasteiger partial charge in [0.05, 0.1) is 30.5 Å². The lowest BCUT2D eigenvalue weighted by molar-refractivity contribution is -0.120. The van der Waals surface area contributed by atoms with E-state index in [4.69, 9.17) is 0 Å². The van der Waals surface area contributed by atoms with Gasteiger partial charge in [-0.05, 0) is 24.8 Å². The summed E-state index contributed by atoms with van der Waals surface area (Å²) in [6, 6.07) is 10.3. The van der Waals surface area contributed by atoms with Crippen LogP contribution in [0.1, 0.15) is 41.4 Å². The van der Waals surface area contributed by atoms with Crippen molar-refractivity contribution >= 4 is 11.8 Å². The summed E-state index contributed by atoms with van der Waals surface area (Å²) in [6.07, 6.45) is 4.34. The van der Waals surface area contributed by atoms with Crippen LogP contribution in [0.4, 0.5) is 0 Å². The van der Waals surface area contributed by atoms with Crippen molar-refractivity contribution in [2.75, 3.05) is 6.54 Å². The quantitative estimate of drug-likeness (QED) is 0.809. The van der Waals surface area contributed by atoms with Crippen molar-refractivity contribution in [3.8, 4) is 0 Å². The maximum atomic E-state index is 12.4. The molecule has 126 valence electrons. The van der Waals surface area contributed by atoms with Gasteiger partial charge in [0, 0.05) is 6.04 Å². The molecule has 2 N–H and O–H groups in total. The monoisotopic (exact) mass is 326 g/mol. The fourth-order valence-electron chi connectivity index (χ4n) is 2.63. The lowest BCUT2D eigenvalue weighted by Crippen LogP contribution is -2.38. The van der Waals surface area contributed by atoms with Crippen LogP contribution in [0.3, 0.4) is 0 Å². The molecule has 6 heteroatoms. The van der Waals surface area contributed by atoms with Gasteiger partial charge in [0.25, 0.3) is 5.91 Å². The number of aromatic nitrogens is 2. The Morgan fingerprint density at radius 2 is 2.00 bits per heavy atom. The maximum Gasteiger partial charge on any atom is 0.255 e. The molecule has 0 unspecified atom stereocenters. The summed E-state index contributed by atoms with van der Waals surface area (Å²) in [5.41, 5.74) is 2.54. The van der Waals surface area contributed by atoms with Crippen LogP contribution in [0.5, 0.6) is 0 Å². The number of carbonyl (C=O) groups excluding carboxylic acids is 2. The second kappa shape index (κ2) is 7.29. The third-order valence-electron chi connectivity index (χ3n) is 4.06. The van der Waals surface area contributed by atoms with E-state index < -0.39 is 0 Å². The predicted octanol–water partition coefficient (Wildman–Crippen LogP) is 1.50. The van der Waals surface area contributed by atoms with Crippen LogP contribution >= 0.6 is 0 Å². The van der Waals surface area contributed by atoms with Gasteiger partial charge >= 0.3 is 0 Å². The van der Waals surface area contributed by atoms with Crippen LogP contribution in [0, 0.1) is 0 Å². The number of benzene rings is 1. The van der Waals surface area contributed by atoms with Crippen molar-refractivity contribution < 1.29 is 9.59 Å². The van der Waals surface area contributed by atoms with Gasteiger partial charge in [0.2, 0.25) is 5.91 Å². The van der Waals surface area contributed by atoms with Crippen LogP contribution < -0.4 is 10.6 Å². The number of carbonyl (C=O) groups is 2. The summed E-state index contributed by atoms with van der Waals surface area (Å²) in [4.78, 5) is 24.0. The number of amides is 2. The van der Waals surface area contributed by atoms with Crippen LogP contribution in [0.15, 0.2) is 36.5 Å². The molecular weight excluding hydrogens is 304 g/mol. The van der Waals surface area contributed by atoms with Gasteiger partial charge < -0.3 is 10.6 Å². The van der Waals surface area contributed by atoms with Gasteiger partial charge in [0.15, 0.2) is 0 Å². The SMILES string of the molecule is CCc1c(C(=O)NCC(=O)NC2CC2)cnn1Cc1ccccc1. The highest BCUT2D eigenvalue weighted by atomic mass is 16.2. The first-order chi connectivity index (χ1) is 11.7. The van der Waals surface area contributed by atoms with Crippen molar-refractivity contribution in [3.63, 3.8) is 0 Å². The average Bonchev–Trinajstić information content (AvgIpc) is 3.31. The third-order valence-corrected chi connectivity index (χ3v) is 4.06. The molecule has 1 aliphatic carbocycles. The third kappa shape index (κ3) is 4.01. The van der Waals surface area contributed by atoms with Gasteiger partial charge in [-0.15, -0.1) is 0 Å². The molecule has 0 atom stereocenters. The van der Waals surface area contributed by atoms with Crippen molar-refractivity contribution in [1.29, 1.82) is 0 Å². The molecule has 2 amide bonds. The Kier molecular flexibility index (Phi) is 4.93. The average molecular weight is 326 g/mol. The molecule has 1 saturated carbocycles. The molecule has 0 aliphatic heterocycles. The van der Waals surface area contributed by atoms with Gasteiger partial charge in [-0.2, -0.15) is 5.10 Å². The highest BCUT2D eigenvalue weighted by Gasteiger charge is 2.23. The fraction of sp³-hybridized carbons (Fsp3) is 0.389. The topological polar surface area (TPSA) is 76.0 Å². The zero-order chi connectivity index (χ0) is 16.9. The first kappa shape index (κ1) is 16.2. The molecule has 1 aromatic heterocycles. The number of rotatable bonds is 7. The largest absolute Gasteiger partial charge is 0.352 e. The van der Waals surface area contributed by atoms with E-state index in [-0.39, 0.29) is 18.4 Å². The van der Waals surface area contributed by atoms with Gasteiger partial charge in [-0.1, -0.05) is 37.3 Å². The van der Waals surface area contributed by atoms with Gasteiger partial charge in [-0.25, -0.2) is 0 Å². The Bertz CT molecular complexity index is 720. The lowest BCUT2D eigenvalue weighted by atomic mass is 10.1. The zero-order valence-electron chi connectivity index (χ0n) is 13.8. The van der Waals surface area contributed by atoms with Gasteiger partial charge in [-0.3, -0.25) is 14.3 Å². The molecular formula is C18H22N4O2. The van der Waals surface area contributed by atoms with E-state index in [2.05, 4.69) is 15.7 Å². The van der Waals surface area contributed by atoms with E-state index in [9.17, 15) is 9.59 Å². The number of nitrogens with one attached hydrogen (secondary N) is 2. The van der Waals surface area contributed by atoms with Crippen molar-refractivity contribution in [2.45, 2.75) is 38.8 Å². The molecule has 6 nitrogen and oxygen atoms in total. The molecule has 24 heavy (non-hydrogen) atoms. The van der Waals surface area contributed by atoms with E-state index in [0.717, 1.165) is 24.1 Å². The van der Waals surface area contributed by atoms with E-state index in [0.29, 0.717) is 24.6 Å². The predicted molar refractivity (Wildman–Crippen MR) is 90.6 cm³/mol. The van der Waals surface area contributed by atoms with Crippen LogP contribution in [-0.2, 0) is 17.8 Å². The Morgan fingerprint density at radius 1 is 1.25 bits per heavy atom. The molecule has 1 heterocycles. The summed E-state index contributed by atoms with van der Waals surface area (Å²) in [5, 5.41) is 9.88. The van der Waals surface area contributed by atoms with Gasteiger partial charge in [0.1, 0.15) is 0 Å². The number of nitrogens with zero attached hydrogens (tertiary/aromatic N) is 2. The summed E-state index contributed by atoms with van der Waals surface area (Å²) >= 11 is 0. The highest BCUT2D eigenvalue weighted by molar-refractivity contribution is 5.97. The van der Waals surface area contributed by atoms with E-state index in [1.165, 1.54) is 0 Å². The van der Waals surface area contributed by atoms with E-state index >= 15 is 0 Å². The zero-order valence-corrected chi connectivity index (χ0v) is 13.8. The smallest absolute Gasteiger partial charge is 0.255 e. The minimum Gasteiger partial charge on any atom is -0.352 e. The molecule has 0 radical (unpaired) electrons. The normalized spacial score (nSPS) is 13.5. The lowest BCUT2D eigenvalue weighted by Gasteiger charge is -2.09. The maximum absolute atomic E-state index is 12.4.